The van der Waals surface area contributed by atoms with Gasteiger partial charge in [-0.1, -0.05) is 6.92 Å². The van der Waals surface area contributed by atoms with Gasteiger partial charge in [0.15, 0.2) is 0 Å². The van der Waals surface area contributed by atoms with Gasteiger partial charge in [-0.3, -0.25) is 4.79 Å². The van der Waals surface area contributed by atoms with Crippen LogP contribution in [-0.2, 0) is 14.3 Å². The topological polar surface area (TPSA) is 88.7 Å². The fourth-order valence-electron chi connectivity index (χ4n) is 2.63. The molecule has 1 aromatic rings. The summed E-state index contributed by atoms with van der Waals surface area (Å²) in [6.45, 7) is 5.54. The minimum atomic E-state index is -0.452. The van der Waals surface area contributed by atoms with Crippen LogP contribution in [0.2, 0.25) is 0 Å². The first-order valence-corrected chi connectivity index (χ1v) is 8.81. The summed E-state index contributed by atoms with van der Waals surface area (Å²) in [6, 6.07) is 6.69. The van der Waals surface area contributed by atoms with Gasteiger partial charge < -0.3 is 25.4 Å². The SMILES string of the molecule is CCOC(CC)C(=O)Nc1ccc(NC(=O)NCC2CCCO2)cc1. The monoisotopic (exact) mass is 349 g/mol. The zero-order valence-electron chi connectivity index (χ0n) is 14.8. The summed E-state index contributed by atoms with van der Waals surface area (Å²) in [5.74, 6) is -0.167. The van der Waals surface area contributed by atoms with Crippen LogP contribution in [0, 0.1) is 0 Å². The van der Waals surface area contributed by atoms with Gasteiger partial charge in [-0.15, -0.1) is 0 Å². The summed E-state index contributed by atoms with van der Waals surface area (Å²) in [5, 5.41) is 8.36. The van der Waals surface area contributed by atoms with Gasteiger partial charge in [0, 0.05) is 31.1 Å². The normalized spacial score (nSPS) is 17.8. The second kappa shape index (κ2) is 10.0. The van der Waals surface area contributed by atoms with Crippen molar-refractivity contribution in [2.45, 2.75) is 45.3 Å². The highest BCUT2D eigenvalue weighted by Gasteiger charge is 2.17. The van der Waals surface area contributed by atoms with E-state index in [0.29, 0.717) is 30.9 Å². The quantitative estimate of drug-likeness (QED) is 0.673. The van der Waals surface area contributed by atoms with Crippen molar-refractivity contribution in [3.05, 3.63) is 24.3 Å². The van der Waals surface area contributed by atoms with Crippen molar-refractivity contribution in [3.63, 3.8) is 0 Å². The highest BCUT2D eigenvalue weighted by molar-refractivity contribution is 5.94. The maximum absolute atomic E-state index is 12.1. The molecule has 1 aromatic carbocycles. The van der Waals surface area contributed by atoms with E-state index in [-0.39, 0.29) is 18.0 Å². The number of carbonyl (C=O) groups is 2. The first kappa shape index (κ1) is 19.2. The summed E-state index contributed by atoms with van der Waals surface area (Å²) in [5.41, 5.74) is 1.31. The van der Waals surface area contributed by atoms with E-state index in [1.54, 1.807) is 24.3 Å². The van der Waals surface area contributed by atoms with Crippen LogP contribution in [-0.4, -0.2) is 43.9 Å². The van der Waals surface area contributed by atoms with Crippen molar-refractivity contribution in [1.82, 2.24) is 5.32 Å². The van der Waals surface area contributed by atoms with Gasteiger partial charge in [-0.05, 0) is 50.5 Å². The summed E-state index contributed by atoms with van der Waals surface area (Å²) < 4.78 is 10.8. The van der Waals surface area contributed by atoms with Gasteiger partial charge in [-0.2, -0.15) is 0 Å². The molecule has 0 saturated carbocycles. The maximum atomic E-state index is 12.1. The number of anilines is 2. The van der Waals surface area contributed by atoms with Crippen LogP contribution in [0.15, 0.2) is 24.3 Å². The molecule has 2 rings (SSSR count). The molecule has 1 saturated heterocycles. The lowest BCUT2D eigenvalue weighted by molar-refractivity contribution is -0.127. The number of amides is 3. The molecule has 3 amide bonds. The fraction of sp³-hybridized carbons (Fsp3) is 0.556. The number of hydrogen-bond donors (Lipinski definition) is 3. The molecule has 0 aliphatic carbocycles. The van der Waals surface area contributed by atoms with Crippen LogP contribution in [0.4, 0.5) is 16.2 Å². The van der Waals surface area contributed by atoms with Gasteiger partial charge in [0.2, 0.25) is 0 Å². The Morgan fingerprint density at radius 2 is 1.88 bits per heavy atom. The van der Waals surface area contributed by atoms with Crippen LogP contribution in [0.5, 0.6) is 0 Å². The third-order valence-electron chi connectivity index (χ3n) is 3.96. The van der Waals surface area contributed by atoms with Gasteiger partial charge in [-0.25, -0.2) is 4.79 Å². The van der Waals surface area contributed by atoms with Gasteiger partial charge in [0.1, 0.15) is 6.10 Å². The number of carbonyl (C=O) groups excluding carboxylic acids is 2. The van der Waals surface area contributed by atoms with Crippen LogP contribution in [0.1, 0.15) is 33.1 Å². The number of rotatable bonds is 8. The number of nitrogens with one attached hydrogen (secondary N) is 3. The molecule has 1 aliphatic heterocycles. The van der Waals surface area contributed by atoms with Crippen molar-refractivity contribution < 1.29 is 19.1 Å². The molecule has 1 fully saturated rings. The second-order valence-electron chi connectivity index (χ2n) is 5.89. The van der Waals surface area contributed by atoms with Crippen molar-refractivity contribution in [2.24, 2.45) is 0 Å². The van der Waals surface area contributed by atoms with Gasteiger partial charge in [0.25, 0.3) is 5.91 Å². The molecule has 0 aromatic heterocycles. The Bertz CT molecular complexity index is 556. The van der Waals surface area contributed by atoms with E-state index in [1.807, 2.05) is 13.8 Å². The van der Waals surface area contributed by atoms with Crippen molar-refractivity contribution in [2.75, 3.05) is 30.4 Å². The van der Waals surface area contributed by atoms with Crippen molar-refractivity contribution >= 4 is 23.3 Å². The van der Waals surface area contributed by atoms with E-state index in [4.69, 9.17) is 9.47 Å². The lowest BCUT2D eigenvalue weighted by Gasteiger charge is -2.15. The van der Waals surface area contributed by atoms with E-state index < -0.39 is 6.10 Å². The zero-order chi connectivity index (χ0) is 18.1. The Balaban J connectivity index is 1.78. The Morgan fingerprint density at radius 3 is 2.44 bits per heavy atom. The molecule has 7 nitrogen and oxygen atoms in total. The number of ether oxygens (including phenoxy) is 2. The molecule has 1 heterocycles. The highest BCUT2D eigenvalue weighted by Crippen LogP contribution is 2.15. The van der Waals surface area contributed by atoms with Crippen LogP contribution < -0.4 is 16.0 Å². The Morgan fingerprint density at radius 1 is 1.20 bits per heavy atom. The molecule has 7 heteroatoms. The van der Waals surface area contributed by atoms with Gasteiger partial charge >= 0.3 is 6.03 Å². The van der Waals surface area contributed by atoms with Crippen molar-refractivity contribution in [3.8, 4) is 0 Å². The average molecular weight is 349 g/mol. The molecule has 2 atom stereocenters. The molecule has 3 N–H and O–H groups in total. The fourth-order valence-corrected chi connectivity index (χ4v) is 2.63. The minimum Gasteiger partial charge on any atom is -0.376 e. The molecule has 2 unspecified atom stereocenters. The van der Waals surface area contributed by atoms with E-state index in [2.05, 4.69) is 16.0 Å². The average Bonchev–Trinajstić information content (AvgIpc) is 3.13. The summed E-state index contributed by atoms with van der Waals surface area (Å²) in [6.07, 6.45) is 2.30. The summed E-state index contributed by atoms with van der Waals surface area (Å²) in [4.78, 5) is 23.9. The van der Waals surface area contributed by atoms with Crippen LogP contribution in [0.25, 0.3) is 0 Å². The molecule has 138 valence electrons. The van der Waals surface area contributed by atoms with Crippen molar-refractivity contribution in [1.29, 1.82) is 0 Å². The second-order valence-corrected chi connectivity index (χ2v) is 5.89. The molecule has 0 spiro atoms. The molecule has 0 bridgehead atoms. The number of hydrogen-bond acceptors (Lipinski definition) is 4. The standard InChI is InChI=1S/C18H27N3O4/c1-3-16(24-4-2)17(22)20-13-7-9-14(10-8-13)21-18(23)19-12-15-6-5-11-25-15/h7-10,15-16H,3-6,11-12H2,1-2H3,(H,20,22)(H2,19,21,23). The van der Waals surface area contributed by atoms with E-state index in [1.165, 1.54) is 0 Å². The largest absolute Gasteiger partial charge is 0.376 e. The van der Waals surface area contributed by atoms with E-state index >= 15 is 0 Å². The van der Waals surface area contributed by atoms with E-state index in [0.717, 1.165) is 19.4 Å². The smallest absolute Gasteiger partial charge is 0.319 e. The lowest BCUT2D eigenvalue weighted by Crippen LogP contribution is -2.35. The van der Waals surface area contributed by atoms with Crippen LogP contribution in [0.3, 0.4) is 0 Å². The molecule has 0 radical (unpaired) electrons. The predicted molar refractivity (Wildman–Crippen MR) is 96.8 cm³/mol. The predicted octanol–water partition coefficient (Wildman–Crippen LogP) is 2.74. The highest BCUT2D eigenvalue weighted by atomic mass is 16.5. The lowest BCUT2D eigenvalue weighted by atomic mass is 10.2. The molecule has 1 aliphatic rings. The summed E-state index contributed by atoms with van der Waals surface area (Å²) in [7, 11) is 0. The Labute approximate surface area is 148 Å². The first-order valence-electron chi connectivity index (χ1n) is 8.81. The first-order chi connectivity index (χ1) is 12.1. The zero-order valence-corrected chi connectivity index (χ0v) is 14.8. The Hall–Kier alpha value is -2.12. The molecule has 25 heavy (non-hydrogen) atoms. The molecular formula is C18H27N3O4. The third kappa shape index (κ3) is 6.36. The van der Waals surface area contributed by atoms with E-state index in [9.17, 15) is 9.59 Å². The summed E-state index contributed by atoms with van der Waals surface area (Å²) >= 11 is 0. The Kier molecular flexibility index (Phi) is 7.69. The van der Waals surface area contributed by atoms with Crippen LogP contribution >= 0.6 is 0 Å². The van der Waals surface area contributed by atoms with Gasteiger partial charge in [0.05, 0.1) is 6.10 Å². The molecular weight excluding hydrogens is 322 g/mol. The maximum Gasteiger partial charge on any atom is 0.319 e. The number of benzene rings is 1. The third-order valence-corrected chi connectivity index (χ3v) is 3.96. The minimum absolute atomic E-state index is 0.111. The number of urea groups is 1.